The van der Waals surface area contributed by atoms with E-state index in [1.165, 1.54) is 0 Å². The predicted molar refractivity (Wildman–Crippen MR) is 124 cm³/mol. The maximum Gasteiger partial charge on any atom is 0.341 e. The Labute approximate surface area is 200 Å². The van der Waals surface area contributed by atoms with Crippen LogP contribution in [0.4, 0.5) is 0 Å². The highest BCUT2D eigenvalue weighted by molar-refractivity contribution is 6.15. The third kappa shape index (κ3) is 4.21. The van der Waals surface area contributed by atoms with Crippen molar-refractivity contribution in [3.8, 4) is 23.0 Å². The summed E-state index contributed by atoms with van der Waals surface area (Å²) in [4.78, 5) is 36.6. The van der Waals surface area contributed by atoms with Crippen LogP contribution in [-0.2, 0) is 9.59 Å². The molecule has 3 aromatic carbocycles. The standard InChI is InChI=1S/C27H20O8/c1-32-16-8-6-15(7-9-16)12-22-26(31)18-10-11-21-25(27(18)35-22)19(13-24(30)34-21)17-4-2-3-5-20(17)33-14-23(28)29/h2-12,19H,13-14H2,1H3,(H,28,29). The van der Waals surface area contributed by atoms with E-state index in [0.29, 0.717) is 33.9 Å². The summed E-state index contributed by atoms with van der Waals surface area (Å²) in [5, 5.41) is 9.04. The lowest BCUT2D eigenvalue weighted by molar-refractivity contribution is -0.139. The number of carboxylic acids is 1. The Morgan fingerprint density at radius 1 is 1.06 bits per heavy atom. The molecule has 1 unspecified atom stereocenters. The molecule has 8 nitrogen and oxygen atoms in total. The third-order valence-electron chi connectivity index (χ3n) is 5.84. The maximum absolute atomic E-state index is 13.1. The van der Waals surface area contributed by atoms with Gasteiger partial charge in [-0.3, -0.25) is 9.59 Å². The number of hydrogen-bond acceptors (Lipinski definition) is 7. The van der Waals surface area contributed by atoms with E-state index in [2.05, 4.69) is 0 Å². The van der Waals surface area contributed by atoms with E-state index in [1.807, 2.05) is 12.1 Å². The number of ether oxygens (including phenoxy) is 4. The van der Waals surface area contributed by atoms with E-state index in [9.17, 15) is 14.4 Å². The fourth-order valence-electron chi connectivity index (χ4n) is 4.26. The third-order valence-corrected chi connectivity index (χ3v) is 5.84. The van der Waals surface area contributed by atoms with Crippen LogP contribution in [-0.4, -0.2) is 36.5 Å². The summed E-state index contributed by atoms with van der Waals surface area (Å²) < 4.78 is 22.2. The Morgan fingerprint density at radius 3 is 2.57 bits per heavy atom. The van der Waals surface area contributed by atoms with Crippen molar-refractivity contribution in [2.24, 2.45) is 0 Å². The number of rotatable bonds is 6. The van der Waals surface area contributed by atoms with Gasteiger partial charge in [0.05, 0.1) is 19.1 Å². The molecule has 2 aliphatic heterocycles. The first kappa shape index (κ1) is 22.2. The van der Waals surface area contributed by atoms with Gasteiger partial charge >= 0.3 is 11.9 Å². The van der Waals surface area contributed by atoms with Crippen LogP contribution in [0.15, 0.2) is 66.4 Å². The zero-order valence-electron chi connectivity index (χ0n) is 18.6. The van der Waals surface area contributed by atoms with Crippen LogP contribution in [0.25, 0.3) is 6.08 Å². The van der Waals surface area contributed by atoms with Crippen LogP contribution >= 0.6 is 0 Å². The Bertz CT molecular complexity index is 1370. The van der Waals surface area contributed by atoms with Crippen molar-refractivity contribution in [2.75, 3.05) is 13.7 Å². The topological polar surface area (TPSA) is 108 Å². The lowest BCUT2D eigenvalue weighted by Crippen LogP contribution is -2.22. The number of carboxylic acid groups (broad SMARTS) is 1. The number of fused-ring (bicyclic) bond motifs is 3. The van der Waals surface area contributed by atoms with Gasteiger partial charge in [0.2, 0.25) is 5.78 Å². The van der Waals surface area contributed by atoms with Crippen LogP contribution in [0.5, 0.6) is 23.0 Å². The van der Waals surface area contributed by atoms with Gasteiger partial charge in [0.15, 0.2) is 12.4 Å². The minimum absolute atomic E-state index is 0.0218. The number of esters is 1. The number of allylic oxidation sites excluding steroid dienone is 1. The second kappa shape index (κ2) is 8.98. The Hall–Kier alpha value is -4.59. The molecule has 0 spiro atoms. The maximum atomic E-state index is 13.1. The van der Waals surface area contributed by atoms with Gasteiger partial charge in [-0.15, -0.1) is 0 Å². The molecule has 0 amide bonds. The summed E-state index contributed by atoms with van der Waals surface area (Å²) in [5.74, 6) is -0.642. The van der Waals surface area contributed by atoms with Crippen molar-refractivity contribution in [1.82, 2.24) is 0 Å². The summed E-state index contributed by atoms with van der Waals surface area (Å²) >= 11 is 0. The van der Waals surface area contributed by atoms with Gasteiger partial charge in [-0.25, -0.2) is 4.79 Å². The molecule has 8 heteroatoms. The van der Waals surface area contributed by atoms with Crippen LogP contribution in [0, 0.1) is 0 Å². The summed E-state index contributed by atoms with van der Waals surface area (Å²) in [7, 11) is 1.57. The van der Waals surface area contributed by atoms with Crippen LogP contribution in [0.2, 0.25) is 0 Å². The molecule has 2 aliphatic rings. The molecule has 2 heterocycles. The summed E-state index contributed by atoms with van der Waals surface area (Å²) in [6, 6.07) is 17.2. The highest BCUT2D eigenvalue weighted by Crippen LogP contribution is 2.50. The van der Waals surface area contributed by atoms with E-state index >= 15 is 0 Å². The molecule has 0 saturated carbocycles. The van der Waals surface area contributed by atoms with Crippen LogP contribution < -0.4 is 18.9 Å². The largest absolute Gasteiger partial charge is 0.497 e. The zero-order chi connectivity index (χ0) is 24.5. The summed E-state index contributed by atoms with van der Waals surface area (Å²) in [5.41, 5.74) is 2.25. The molecule has 0 bridgehead atoms. The summed E-state index contributed by atoms with van der Waals surface area (Å²) in [6.45, 7) is -0.530. The molecular weight excluding hydrogens is 452 g/mol. The van der Waals surface area contributed by atoms with E-state index < -0.39 is 24.5 Å². The number of para-hydroxylation sites is 1. The Balaban J connectivity index is 1.57. The number of benzene rings is 3. The molecule has 3 aromatic rings. The number of aliphatic carboxylic acids is 1. The molecule has 0 aliphatic carbocycles. The highest BCUT2D eigenvalue weighted by Gasteiger charge is 2.39. The number of carbonyl (C=O) groups excluding carboxylic acids is 2. The number of carbonyl (C=O) groups is 3. The highest BCUT2D eigenvalue weighted by atomic mass is 16.5. The van der Waals surface area contributed by atoms with Crippen molar-refractivity contribution in [2.45, 2.75) is 12.3 Å². The summed E-state index contributed by atoms with van der Waals surface area (Å²) in [6.07, 6.45) is 1.62. The zero-order valence-corrected chi connectivity index (χ0v) is 18.6. The van der Waals surface area contributed by atoms with Gasteiger partial charge in [-0.1, -0.05) is 30.3 Å². The second-order valence-electron chi connectivity index (χ2n) is 8.02. The van der Waals surface area contributed by atoms with Gasteiger partial charge in [0, 0.05) is 17.0 Å². The SMILES string of the molecule is COc1ccc(C=C2Oc3c(ccc4c3C(c3ccccc3OCC(=O)O)CC(=O)O4)C2=O)cc1. The van der Waals surface area contributed by atoms with E-state index in [-0.39, 0.29) is 23.7 Å². The lowest BCUT2D eigenvalue weighted by atomic mass is 9.84. The van der Waals surface area contributed by atoms with Gasteiger partial charge in [0.1, 0.15) is 23.0 Å². The molecule has 0 fully saturated rings. The first-order valence-corrected chi connectivity index (χ1v) is 10.8. The van der Waals surface area contributed by atoms with Gasteiger partial charge in [0.25, 0.3) is 0 Å². The number of ketones is 1. The smallest absolute Gasteiger partial charge is 0.341 e. The Kier molecular flexibility index (Phi) is 5.70. The fourth-order valence-corrected chi connectivity index (χ4v) is 4.26. The van der Waals surface area contributed by atoms with Gasteiger partial charge < -0.3 is 24.1 Å². The lowest BCUT2D eigenvalue weighted by Gasteiger charge is -2.27. The minimum Gasteiger partial charge on any atom is -0.497 e. The molecule has 176 valence electrons. The van der Waals surface area contributed by atoms with Crippen molar-refractivity contribution in [3.63, 3.8) is 0 Å². The average molecular weight is 472 g/mol. The van der Waals surface area contributed by atoms with Crippen molar-refractivity contribution in [1.29, 1.82) is 0 Å². The molecule has 0 radical (unpaired) electrons. The van der Waals surface area contributed by atoms with Crippen LogP contribution in [0.1, 0.15) is 39.4 Å². The van der Waals surface area contributed by atoms with E-state index in [4.69, 9.17) is 24.1 Å². The average Bonchev–Trinajstić information content (AvgIpc) is 3.17. The number of methoxy groups -OCH3 is 1. The van der Waals surface area contributed by atoms with Crippen molar-refractivity contribution >= 4 is 23.8 Å². The fraction of sp³-hybridized carbons (Fsp3) is 0.148. The molecular formula is C27H20O8. The van der Waals surface area contributed by atoms with E-state index in [1.54, 1.807) is 61.7 Å². The molecule has 5 rings (SSSR count). The normalized spacial score (nSPS) is 17.3. The molecule has 1 atom stereocenters. The van der Waals surface area contributed by atoms with Gasteiger partial charge in [-0.2, -0.15) is 0 Å². The van der Waals surface area contributed by atoms with Crippen LogP contribution in [0.3, 0.4) is 0 Å². The Morgan fingerprint density at radius 2 is 1.83 bits per heavy atom. The molecule has 0 saturated heterocycles. The van der Waals surface area contributed by atoms with Gasteiger partial charge in [-0.05, 0) is 42.0 Å². The number of hydrogen-bond donors (Lipinski definition) is 1. The first-order chi connectivity index (χ1) is 16.9. The molecule has 35 heavy (non-hydrogen) atoms. The molecule has 1 N–H and O–H groups in total. The first-order valence-electron chi connectivity index (χ1n) is 10.8. The minimum atomic E-state index is -1.12. The number of Topliss-reactive ketones (excluding diaryl/α,β-unsaturated/α-hetero) is 1. The van der Waals surface area contributed by atoms with Crippen molar-refractivity contribution in [3.05, 3.63) is 88.7 Å². The van der Waals surface area contributed by atoms with Crippen molar-refractivity contribution < 1.29 is 38.4 Å². The van der Waals surface area contributed by atoms with E-state index in [0.717, 1.165) is 5.56 Å². The second-order valence-corrected chi connectivity index (χ2v) is 8.02. The monoisotopic (exact) mass is 472 g/mol. The quantitative estimate of drug-likeness (QED) is 0.323. The predicted octanol–water partition coefficient (Wildman–Crippen LogP) is 4.22. The molecule has 0 aromatic heterocycles.